The molecule has 102 valence electrons. The maximum absolute atomic E-state index is 12.7. The molecule has 0 aliphatic carbocycles. The van der Waals surface area contributed by atoms with Crippen molar-refractivity contribution in [2.45, 2.75) is 32.0 Å². The van der Waals surface area contributed by atoms with Crippen molar-refractivity contribution in [1.82, 2.24) is 4.98 Å². The summed E-state index contributed by atoms with van der Waals surface area (Å²) in [5.74, 6) is 0. The van der Waals surface area contributed by atoms with Gasteiger partial charge in [0.15, 0.2) is 0 Å². The molecule has 1 aromatic rings. The van der Waals surface area contributed by atoms with Gasteiger partial charge < -0.3 is 9.84 Å². The third-order valence-electron chi connectivity index (χ3n) is 2.40. The van der Waals surface area contributed by atoms with Crippen molar-refractivity contribution >= 4 is 0 Å². The second-order valence-corrected chi connectivity index (χ2v) is 3.88. The van der Waals surface area contributed by atoms with Crippen LogP contribution in [0.15, 0.2) is 18.5 Å². The van der Waals surface area contributed by atoms with E-state index in [9.17, 15) is 18.3 Å². The molecule has 0 saturated heterocycles. The monoisotopic (exact) mass is 263 g/mol. The average Bonchev–Trinajstić information content (AvgIpc) is 2.33. The topological polar surface area (TPSA) is 42.4 Å². The molecule has 0 bridgehead atoms. The van der Waals surface area contributed by atoms with Gasteiger partial charge in [0.25, 0.3) is 0 Å². The number of alkyl halides is 3. The van der Waals surface area contributed by atoms with Gasteiger partial charge in [0.05, 0.1) is 11.7 Å². The van der Waals surface area contributed by atoms with Gasteiger partial charge in [-0.15, -0.1) is 0 Å². The molecule has 6 heteroatoms. The van der Waals surface area contributed by atoms with E-state index >= 15 is 0 Å². The van der Waals surface area contributed by atoms with Crippen LogP contribution < -0.4 is 0 Å². The number of hydrogen-bond acceptors (Lipinski definition) is 3. The zero-order valence-electron chi connectivity index (χ0n) is 10.1. The summed E-state index contributed by atoms with van der Waals surface area (Å²) in [7, 11) is 0. The minimum Gasteiger partial charge on any atom is -0.388 e. The second-order valence-electron chi connectivity index (χ2n) is 3.88. The van der Waals surface area contributed by atoms with Crippen molar-refractivity contribution in [1.29, 1.82) is 0 Å². The highest BCUT2D eigenvalue weighted by Crippen LogP contribution is 2.34. The first-order valence-electron chi connectivity index (χ1n) is 5.73. The van der Waals surface area contributed by atoms with Crippen LogP contribution in [0.2, 0.25) is 0 Å². The number of hydrogen-bond donors (Lipinski definition) is 1. The summed E-state index contributed by atoms with van der Waals surface area (Å²) < 4.78 is 43.2. The lowest BCUT2D eigenvalue weighted by Gasteiger charge is -2.16. The van der Waals surface area contributed by atoms with E-state index in [1.807, 2.05) is 6.92 Å². The van der Waals surface area contributed by atoms with Crippen molar-refractivity contribution in [2.24, 2.45) is 0 Å². The number of aliphatic hydroxyl groups excluding tert-OH is 1. The molecule has 0 aliphatic heterocycles. The zero-order valence-corrected chi connectivity index (χ0v) is 10.1. The van der Waals surface area contributed by atoms with Crippen LogP contribution in [0.5, 0.6) is 0 Å². The van der Waals surface area contributed by atoms with Crippen LogP contribution in [0.3, 0.4) is 0 Å². The molecule has 1 N–H and O–H groups in total. The summed E-state index contributed by atoms with van der Waals surface area (Å²) in [5, 5.41) is 9.74. The Morgan fingerprint density at radius 2 is 2.11 bits per heavy atom. The van der Waals surface area contributed by atoms with Crippen LogP contribution in [0.25, 0.3) is 0 Å². The minimum absolute atomic E-state index is 0.120. The molecule has 1 unspecified atom stereocenters. The highest BCUT2D eigenvalue weighted by Gasteiger charge is 2.34. The molecule has 1 rings (SSSR count). The molecule has 0 fully saturated rings. The van der Waals surface area contributed by atoms with Gasteiger partial charge in [-0.05, 0) is 12.5 Å². The van der Waals surface area contributed by atoms with Crippen molar-refractivity contribution in [3.63, 3.8) is 0 Å². The SMILES string of the molecule is CCCOCCC(O)c1cnccc1C(F)(F)F. The summed E-state index contributed by atoms with van der Waals surface area (Å²) >= 11 is 0. The first kappa shape index (κ1) is 14.9. The Bertz CT molecular complexity index is 369. The highest BCUT2D eigenvalue weighted by atomic mass is 19.4. The Hall–Kier alpha value is -1.14. The summed E-state index contributed by atoms with van der Waals surface area (Å²) in [6.07, 6.45) is -2.64. The quantitative estimate of drug-likeness (QED) is 0.802. The normalized spacial score (nSPS) is 13.6. The van der Waals surface area contributed by atoms with E-state index in [0.717, 1.165) is 24.9 Å². The molecule has 0 spiro atoms. The van der Waals surface area contributed by atoms with Gasteiger partial charge in [0.2, 0.25) is 0 Å². The zero-order chi connectivity index (χ0) is 13.6. The number of halogens is 3. The summed E-state index contributed by atoms with van der Waals surface area (Å²) in [6, 6.07) is 0.867. The fourth-order valence-electron chi connectivity index (χ4n) is 1.53. The summed E-state index contributed by atoms with van der Waals surface area (Å²) in [5.41, 5.74) is -1.05. The standard InChI is InChI=1S/C12H16F3NO2/c1-2-6-18-7-4-11(17)9-8-16-5-3-10(9)12(13,14)15/h3,5,8,11,17H,2,4,6-7H2,1H3. The van der Waals surface area contributed by atoms with Crippen LogP contribution >= 0.6 is 0 Å². The molecule has 0 aromatic carbocycles. The van der Waals surface area contributed by atoms with Crippen LogP contribution in [-0.4, -0.2) is 23.3 Å². The predicted octanol–water partition coefficient (Wildman–Crippen LogP) is 2.95. The smallest absolute Gasteiger partial charge is 0.388 e. The molecule has 0 aliphatic rings. The molecule has 3 nitrogen and oxygen atoms in total. The number of nitrogens with zero attached hydrogens (tertiary/aromatic N) is 1. The number of aromatic nitrogens is 1. The van der Waals surface area contributed by atoms with Gasteiger partial charge in [0, 0.05) is 37.6 Å². The second kappa shape index (κ2) is 6.70. The Labute approximate surface area is 104 Å². The first-order valence-corrected chi connectivity index (χ1v) is 5.73. The first-order chi connectivity index (χ1) is 8.46. The molecular formula is C12H16F3NO2. The lowest BCUT2D eigenvalue weighted by molar-refractivity contribution is -0.139. The fraction of sp³-hybridized carbons (Fsp3) is 0.583. The minimum atomic E-state index is -4.48. The molecule has 1 heterocycles. The van der Waals surface area contributed by atoms with E-state index in [-0.39, 0.29) is 18.6 Å². The number of pyridine rings is 1. The summed E-state index contributed by atoms with van der Waals surface area (Å²) in [6.45, 7) is 2.69. The highest BCUT2D eigenvalue weighted by molar-refractivity contribution is 5.28. The van der Waals surface area contributed by atoms with Crippen LogP contribution in [0.1, 0.15) is 37.0 Å². The van der Waals surface area contributed by atoms with E-state index in [2.05, 4.69) is 4.98 Å². The molecule has 1 aromatic heterocycles. The van der Waals surface area contributed by atoms with E-state index in [1.54, 1.807) is 0 Å². The van der Waals surface area contributed by atoms with Gasteiger partial charge in [-0.1, -0.05) is 6.92 Å². The molecule has 0 radical (unpaired) electrons. The molecule has 0 saturated carbocycles. The number of rotatable bonds is 6. The van der Waals surface area contributed by atoms with Crippen LogP contribution in [0.4, 0.5) is 13.2 Å². The van der Waals surface area contributed by atoms with Crippen molar-refractivity contribution in [2.75, 3.05) is 13.2 Å². The molecule has 1 atom stereocenters. The predicted molar refractivity (Wildman–Crippen MR) is 59.9 cm³/mol. The van der Waals surface area contributed by atoms with Crippen LogP contribution in [-0.2, 0) is 10.9 Å². The van der Waals surface area contributed by atoms with E-state index < -0.39 is 17.8 Å². The maximum Gasteiger partial charge on any atom is 0.416 e. The van der Waals surface area contributed by atoms with Crippen molar-refractivity contribution < 1.29 is 23.0 Å². The molecule has 0 amide bonds. The van der Waals surface area contributed by atoms with Gasteiger partial charge in [-0.25, -0.2) is 0 Å². The van der Waals surface area contributed by atoms with Crippen LogP contribution in [0, 0.1) is 0 Å². The molecular weight excluding hydrogens is 247 g/mol. The third kappa shape index (κ3) is 4.27. The average molecular weight is 263 g/mol. The Balaban J connectivity index is 2.70. The van der Waals surface area contributed by atoms with Gasteiger partial charge in [-0.2, -0.15) is 13.2 Å². The van der Waals surface area contributed by atoms with Gasteiger partial charge in [0.1, 0.15) is 0 Å². The Morgan fingerprint density at radius 1 is 1.39 bits per heavy atom. The summed E-state index contributed by atoms with van der Waals surface area (Å²) in [4.78, 5) is 3.62. The van der Waals surface area contributed by atoms with E-state index in [4.69, 9.17) is 4.74 Å². The van der Waals surface area contributed by atoms with E-state index in [1.165, 1.54) is 0 Å². The molecule has 18 heavy (non-hydrogen) atoms. The largest absolute Gasteiger partial charge is 0.416 e. The van der Waals surface area contributed by atoms with Crippen molar-refractivity contribution in [3.8, 4) is 0 Å². The third-order valence-corrected chi connectivity index (χ3v) is 2.40. The van der Waals surface area contributed by atoms with E-state index in [0.29, 0.717) is 6.61 Å². The lowest BCUT2D eigenvalue weighted by atomic mass is 10.0. The van der Waals surface area contributed by atoms with Gasteiger partial charge >= 0.3 is 6.18 Å². The lowest BCUT2D eigenvalue weighted by Crippen LogP contribution is -2.13. The van der Waals surface area contributed by atoms with Crippen molar-refractivity contribution in [3.05, 3.63) is 29.6 Å². The Kier molecular flexibility index (Phi) is 5.55. The Morgan fingerprint density at radius 3 is 2.72 bits per heavy atom. The number of ether oxygens (including phenoxy) is 1. The maximum atomic E-state index is 12.7. The number of aliphatic hydroxyl groups is 1. The fourth-order valence-corrected chi connectivity index (χ4v) is 1.53. The van der Waals surface area contributed by atoms with Gasteiger partial charge in [-0.3, -0.25) is 4.98 Å².